The van der Waals surface area contributed by atoms with Gasteiger partial charge in [0.2, 0.25) is 0 Å². The molecule has 2 rings (SSSR count). The number of hydrogen-bond acceptors (Lipinski definition) is 4. The molecule has 0 amide bonds. The molecule has 0 fully saturated rings. The number of thioether (sulfide) groups is 1. The third-order valence-corrected chi connectivity index (χ3v) is 3.79. The fraction of sp³-hybridized carbons (Fsp3) is 0.100. The number of nitrogens with zero attached hydrogens (tertiary/aromatic N) is 1. The maximum Gasteiger partial charge on any atom is 0.150 e. The van der Waals surface area contributed by atoms with Gasteiger partial charge in [-0.3, -0.25) is 0 Å². The Labute approximate surface area is 91.2 Å². The summed E-state index contributed by atoms with van der Waals surface area (Å²) in [5, 5.41) is 1.99. The van der Waals surface area contributed by atoms with Crippen LogP contribution < -0.4 is 5.73 Å². The summed E-state index contributed by atoms with van der Waals surface area (Å²) in [7, 11) is 0. The van der Waals surface area contributed by atoms with Gasteiger partial charge in [0.1, 0.15) is 4.34 Å². The lowest BCUT2D eigenvalue weighted by Crippen LogP contribution is -1.85. The number of hydrogen-bond donors (Lipinski definition) is 1. The second-order valence-electron chi connectivity index (χ2n) is 2.83. The SMILES string of the molecule is Nc1ccc(CSc2nccs2)cc1. The van der Waals surface area contributed by atoms with E-state index < -0.39 is 0 Å². The summed E-state index contributed by atoms with van der Waals surface area (Å²) in [6.45, 7) is 0. The van der Waals surface area contributed by atoms with Crippen LogP contribution in [0.5, 0.6) is 0 Å². The highest BCUT2D eigenvalue weighted by Gasteiger charge is 1.97. The van der Waals surface area contributed by atoms with Gasteiger partial charge in [-0.15, -0.1) is 11.3 Å². The van der Waals surface area contributed by atoms with E-state index in [9.17, 15) is 0 Å². The van der Waals surface area contributed by atoms with Crippen molar-refractivity contribution in [3.8, 4) is 0 Å². The Morgan fingerprint density at radius 3 is 2.71 bits per heavy atom. The van der Waals surface area contributed by atoms with Crippen molar-refractivity contribution >= 4 is 28.8 Å². The van der Waals surface area contributed by atoms with Crippen molar-refractivity contribution in [3.63, 3.8) is 0 Å². The lowest BCUT2D eigenvalue weighted by molar-refractivity contribution is 1.24. The van der Waals surface area contributed by atoms with Crippen LogP contribution in [0.2, 0.25) is 0 Å². The molecule has 72 valence electrons. The standard InChI is InChI=1S/C10H10N2S2/c11-9-3-1-8(2-4-9)7-14-10-12-5-6-13-10/h1-6H,7,11H2. The molecular formula is C10H10N2S2. The molecule has 0 aliphatic rings. The Balaban J connectivity index is 1.95. The molecule has 4 heteroatoms. The van der Waals surface area contributed by atoms with E-state index in [1.54, 1.807) is 23.1 Å². The third kappa shape index (κ3) is 2.49. The fourth-order valence-corrected chi connectivity index (χ4v) is 2.63. The monoisotopic (exact) mass is 222 g/mol. The van der Waals surface area contributed by atoms with Gasteiger partial charge in [0.15, 0.2) is 0 Å². The van der Waals surface area contributed by atoms with Crippen molar-refractivity contribution in [2.75, 3.05) is 5.73 Å². The van der Waals surface area contributed by atoms with Crippen LogP contribution in [0.1, 0.15) is 5.56 Å². The van der Waals surface area contributed by atoms with Gasteiger partial charge in [-0.05, 0) is 17.7 Å². The van der Waals surface area contributed by atoms with Crippen molar-refractivity contribution < 1.29 is 0 Å². The largest absolute Gasteiger partial charge is 0.399 e. The van der Waals surface area contributed by atoms with Gasteiger partial charge in [-0.25, -0.2) is 4.98 Å². The maximum atomic E-state index is 5.60. The summed E-state index contributed by atoms with van der Waals surface area (Å²) in [5.74, 6) is 0.952. The molecular weight excluding hydrogens is 212 g/mol. The van der Waals surface area contributed by atoms with Gasteiger partial charge >= 0.3 is 0 Å². The molecule has 1 aromatic heterocycles. The number of benzene rings is 1. The molecule has 0 radical (unpaired) electrons. The molecule has 0 spiro atoms. The Bertz CT molecular complexity index is 381. The maximum absolute atomic E-state index is 5.60. The van der Waals surface area contributed by atoms with Crippen molar-refractivity contribution in [3.05, 3.63) is 41.4 Å². The zero-order valence-electron chi connectivity index (χ0n) is 7.51. The topological polar surface area (TPSA) is 38.9 Å². The van der Waals surface area contributed by atoms with E-state index in [-0.39, 0.29) is 0 Å². The number of nitrogens with two attached hydrogens (primary N) is 1. The number of nitrogen functional groups attached to an aromatic ring is 1. The lowest BCUT2D eigenvalue weighted by Gasteiger charge is -1.99. The predicted octanol–water partition coefficient (Wildman–Crippen LogP) is 3.02. The average Bonchev–Trinajstić information content (AvgIpc) is 2.70. The van der Waals surface area contributed by atoms with Crippen LogP contribution in [-0.4, -0.2) is 4.98 Å². The van der Waals surface area contributed by atoms with E-state index in [1.165, 1.54) is 5.56 Å². The normalized spacial score (nSPS) is 10.3. The summed E-state index contributed by atoms with van der Waals surface area (Å²) >= 11 is 3.43. The number of thiazole rings is 1. The second-order valence-corrected chi connectivity index (χ2v) is 4.95. The molecule has 0 saturated heterocycles. The van der Waals surface area contributed by atoms with Gasteiger partial charge in [0, 0.05) is 23.0 Å². The van der Waals surface area contributed by atoms with E-state index in [1.807, 2.05) is 23.7 Å². The van der Waals surface area contributed by atoms with Crippen molar-refractivity contribution in [2.45, 2.75) is 10.1 Å². The van der Waals surface area contributed by atoms with Gasteiger partial charge in [0.25, 0.3) is 0 Å². The Morgan fingerprint density at radius 1 is 1.29 bits per heavy atom. The molecule has 0 atom stereocenters. The van der Waals surface area contributed by atoms with Crippen molar-refractivity contribution in [2.24, 2.45) is 0 Å². The number of aromatic nitrogens is 1. The summed E-state index contributed by atoms with van der Waals surface area (Å²) in [4.78, 5) is 4.21. The molecule has 0 bridgehead atoms. The van der Waals surface area contributed by atoms with Crippen LogP contribution >= 0.6 is 23.1 Å². The summed E-state index contributed by atoms with van der Waals surface area (Å²) < 4.78 is 1.11. The average molecular weight is 222 g/mol. The second kappa shape index (κ2) is 4.48. The Kier molecular flexibility index (Phi) is 3.06. The zero-order valence-corrected chi connectivity index (χ0v) is 9.15. The summed E-state index contributed by atoms with van der Waals surface area (Å²) in [6, 6.07) is 7.96. The van der Waals surface area contributed by atoms with Crippen LogP contribution in [0.3, 0.4) is 0 Å². The smallest absolute Gasteiger partial charge is 0.150 e. The molecule has 1 heterocycles. The van der Waals surface area contributed by atoms with Crippen molar-refractivity contribution in [1.29, 1.82) is 0 Å². The minimum Gasteiger partial charge on any atom is -0.399 e. The Hall–Kier alpha value is -1.00. The number of rotatable bonds is 3. The zero-order chi connectivity index (χ0) is 9.80. The Morgan fingerprint density at radius 2 is 2.07 bits per heavy atom. The van der Waals surface area contributed by atoms with Gasteiger partial charge in [-0.1, -0.05) is 23.9 Å². The van der Waals surface area contributed by atoms with Crippen LogP contribution in [-0.2, 0) is 5.75 Å². The van der Waals surface area contributed by atoms with Gasteiger partial charge in [0.05, 0.1) is 0 Å². The first-order valence-electron chi connectivity index (χ1n) is 4.21. The fourth-order valence-electron chi connectivity index (χ4n) is 1.04. The van der Waals surface area contributed by atoms with Crippen LogP contribution in [0.15, 0.2) is 40.2 Å². The van der Waals surface area contributed by atoms with E-state index in [2.05, 4.69) is 17.1 Å². The first kappa shape index (κ1) is 9.55. The molecule has 2 aromatic rings. The quantitative estimate of drug-likeness (QED) is 0.641. The summed E-state index contributed by atoms with van der Waals surface area (Å²) in [5.41, 5.74) is 7.69. The molecule has 2 nitrogen and oxygen atoms in total. The summed E-state index contributed by atoms with van der Waals surface area (Å²) in [6.07, 6.45) is 1.83. The van der Waals surface area contributed by atoms with E-state index >= 15 is 0 Å². The minimum atomic E-state index is 0.813. The molecule has 0 aliphatic carbocycles. The first-order valence-corrected chi connectivity index (χ1v) is 6.08. The molecule has 0 aliphatic heterocycles. The third-order valence-electron chi connectivity index (χ3n) is 1.75. The highest BCUT2D eigenvalue weighted by atomic mass is 32.2. The highest BCUT2D eigenvalue weighted by Crippen LogP contribution is 2.24. The molecule has 0 saturated carbocycles. The molecule has 0 unspecified atom stereocenters. The van der Waals surface area contributed by atoms with Crippen molar-refractivity contribution in [1.82, 2.24) is 4.98 Å². The van der Waals surface area contributed by atoms with E-state index in [4.69, 9.17) is 5.73 Å². The number of anilines is 1. The van der Waals surface area contributed by atoms with Crippen LogP contribution in [0.25, 0.3) is 0 Å². The molecule has 14 heavy (non-hydrogen) atoms. The minimum absolute atomic E-state index is 0.813. The lowest BCUT2D eigenvalue weighted by atomic mass is 10.2. The van der Waals surface area contributed by atoms with Crippen LogP contribution in [0, 0.1) is 0 Å². The van der Waals surface area contributed by atoms with Gasteiger partial charge < -0.3 is 5.73 Å². The van der Waals surface area contributed by atoms with E-state index in [0.29, 0.717) is 0 Å². The highest BCUT2D eigenvalue weighted by molar-refractivity contribution is 8.00. The van der Waals surface area contributed by atoms with Gasteiger partial charge in [-0.2, -0.15) is 0 Å². The first-order chi connectivity index (χ1) is 6.84. The van der Waals surface area contributed by atoms with E-state index in [0.717, 1.165) is 15.8 Å². The molecule has 1 aromatic carbocycles. The predicted molar refractivity (Wildman–Crippen MR) is 62.5 cm³/mol. The van der Waals surface area contributed by atoms with Crippen LogP contribution in [0.4, 0.5) is 5.69 Å². The molecule has 2 N–H and O–H groups in total.